The van der Waals surface area contributed by atoms with Crippen molar-refractivity contribution >= 4 is 17.5 Å². The molecule has 9 heteroatoms. The summed E-state index contributed by atoms with van der Waals surface area (Å²) < 4.78 is 15.8. The minimum absolute atomic E-state index is 0.0672. The lowest BCUT2D eigenvalue weighted by Crippen LogP contribution is -2.38. The molecule has 1 unspecified atom stereocenters. The van der Waals surface area contributed by atoms with Gasteiger partial charge in [0.15, 0.2) is 11.5 Å². The van der Waals surface area contributed by atoms with Crippen molar-refractivity contribution in [1.29, 1.82) is 0 Å². The second-order valence-electron chi connectivity index (χ2n) is 6.36. The van der Waals surface area contributed by atoms with Crippen molar-refractivity contribution in [3.05, 3.63) is 23.0 Å². The van der Waals surface area contributed by atoms with Gasteiger partial charge in [0.2, 0.25) is 17.6 Å². The van der Waals surface area contributed by atoms with Crippen LogP contribution in [0.5, 0.6) is 11.5 Å². The fourth-order valence-electron chi connectivity index (χ4n) is 3.08. The summed E-state index contributed by atoms with van der Waals surface area (Å²) >= 11 is 6.22. The number of ether oxygens (including phenoxy) is 2. The number of aryl methyl sites for hydroxylation is 1. The van der Waals surface area contributed by atoms with Gasteiger partial charge in [-0.25, -0.2) is 0 Å². The molecule has 2 aromatic rings. The van der Waals surface area contributed by atoms with Gasteiger partial charge in [0.05, 0.1) is 19.2 Å². The largest absolute Gasteiger partial charge is 0.493 e. The average molecular weight is 395 g/mol. The number of rotatable bonds is 7. The van der Waals surface area contributed by atoms with Crippen molar-refractivity contribution in [1.82, 2.24) is 20.4 Å². The number of nitrogens with one attached hydrogen (secondary N) is 1. The zero-order chi connectivity index (χ0) is 19.4. The first-order chi connectivity index (χ1) is 13.0. The van der Waals surface area contributed by atoms with Gasteiger partial charge in [-0.15, -0.1) is 0 Å². The number of carbonyl (C=O) groups is 1. The van der Waals surface area contributed by atoms with E-state index in [1.807, 2.05) is 7.05 Å². The summed E-state index contributed by atoms with van der Waals surface area (Å²) in [7, 11) is 4.89. The van der Waals surface area contributed by atoms with Crippen molar-refractivity contribution in [2.75, 3.05) is 34.4 Å². The lowest BCUT2D eigenvalue weighted by Gasteiger charge is -2.23. The summed E-state index contributed by atoms with van der Waals surface area (Å²) in [6.07, 6.45) is 1.69. The quantitative estimate of drug-likeness (QED) is 0.769. The summed E-state index contributed by atoms with van der Waals surface area (Å²) in [5.41, 5.74) is 0.646. The molecule has 1 amide bonds. The van der Waals surface area contributed by atoms with Gasteiger partial charge in [0, 0.05) is 38.0 Å². The SMILES string of the molecule is COc1cc(-c2noc(CCC(=O)N(C)C3CCNC3)n2)cc(Cl)c1OC. The number of likely N-dealkylation sites (N-methyl/N-ethyl adjacent to an activating group) is 1. The topological polar surface area (TPSA) is 89.7 Å². The molecule has 1 fully saturated rings. The van der Waals surface area contributed by atoms with Crippen LogP contribution in [0.1, 0.15) is 18.7 Å². The summed E-state index contributed by atoms with van der Waals surface area (Å²) in [4.78, 5) is 18.5. The number of aromatic nitrogens is 2. The van der Waals surface area contributed by atoms with E-state index in [9.17, 15) is 4.79 Å². The van der Waals surface area contributed by atoms with E-state index in [1.165, 1.54) is 14.2 Å². The van der Waals surface area contributed by atoms with E-state index in [0.29, 0.717) is 46.6 Å². The van der Waals surface area contributed by atoms with E-state index in [-0.39, 0.29) is 11.9 Å². The van der Waals surface area contributed by atoms with Gasteiger partial charge in [-0.3, -0.25) is 4.79 Å². The Balaban J connectivity index is 1.66. The number of nitrogens with zero attached hydrogens (tertiary/aromatic N) is 3. The highest BCUT2D eigenvalue weighted by Crippen LogP contribution is 2.38. The fraction of sp³-hybridized carbons (Fsp3) is 0.500. The molecule has 27 heavy (non-hydrogen) atoms. The molecule has 1 N–H and O–H groups in total. The van der Waals surface area contributed by atoms with Crippen LogP contribution in [0, 0.1) is 0 Å². The first-order valence-corrected chi connectivity index (χ1v) is 9.12. The van der Waals surface area contributed by atoms with Gasteiger partial charge in [-0.2, -0.15) is 4.98 Å². The van der Waals surface area contributed by atoms with E-state index in [1.54, 1.807) is 17.0 Å². The molecule has 1 saturated heterocycles. The van der Waals surface area contributed by atoms with E-state index < -0.39 is 0 Å². The average Bonchev–Trinajstić information content (AvgIpc) is 3.36. The minimum Gasteiger partial charge on any atom is -0.493 e. The monoisotopic (exact) mass is 394 g/mol. The van der Waals surface area contributed by atoms with Crippen LogP contribution in [0.4, 0.5) is 0 Å². The Kier molecular flexibility index (Phi) is 6.18. The Bertz CT molecular complexity index is 805. The Morgan fingerprint density at radius 1 is 1.41 bits per heavy atom. The number of benzene rings is 1. The van der Waals surface area contributed by atoms with Crippen LogP contribution in [0.3, 0.4) is 0 Å². The molecule has 0 saturated carbocycles. The highest BCUT2D eigenvalue weighted by Gasteiger charge is 2.23. The molecular formula is C18H23ClN4O4. The Hall–Kier alpha value is -2.32. The molecule has 2 heterocycles. The molecule has 8 nitrogen and oxygen atoms in total. The van der Waals surface area contributed by atoms with Crippen LogP contribution in [0.2, 0.25) is 5.02 Å². The van der Waals surface area contributed by atoms with Gasteiger partial charge in [-0.1, -0.05) is 16.8 Å². The Labute approximate surface area is 162 Å². The van der Waals surface area contributed by atoms with Crippen LogP contribution >= 0.6 is 11.6 Å². The smallest absolute Gasteiger partial charge is 0.227 e. The summed E-state index contributed by atoms with van der Waals surface area (Å²) in [6, 6.07) is 3.67. The number of hydrogen-bond acceptors (Lipinski definition) is 7. The maximum Gasteiger partial charge on any atom is 0.227 e. The highest BCUT2D eigenvalue weighted by atomic mass is 35.5. The first-order valence-electron chi connectivity index (χ1n) is 8.74. The van der Waals surface area contributed by atoms with E-state index >= 15 is 0 Å². The van der Waals surface area contributed by atoms with Crippen LogP contribution < -0.4 is 14.8 Å². The minimum atomic E-state index is 0.0672. The standard InChI is InChI=1S/C18H23ClN4O4/c1-23(12-6-7-20-10-12)16(24)5-4-15-21-18(22-27-15)11-8-13(19)17(26-3)14(9-11)25-2/h8-9,12,20H,4-7,10H2,1-3H3. The fourth-order valence-corrected chi connectivity index (χ4v) is 3.37. The molecule has 1 aliphatic rings. The third-order valence-corrected chi connectivity index (χ3v) is 4.97. The number of amides is 1. The molecule has 0 aliphatic carbocycles. The first kappa shape index (κ1) is 19.4. The molecule has 1 aromatic heterocycles. The number of halogens is 1. The van der Waals surface area contributed by atoms with Gasteiger partial charge in [0.1, 0.15) is 0 Å². The van der Waals surface area contributed by atoms with Crippen molar-refractivity contribution < 1.29 is 18.8 Å². The van der Waals surface area contributed by atoms with Crippen LogP contribution in [-0.2, 0) is 11.2 Å². The van der Waals surface area contributed by atoms with Gasteiger partial charge in [0.25, 0.3) is 0 Å². The molecule has 0 bridgehead atoms. The molecule has 1 aliphatic heterocycles. The number of carbonyl (C=O) groups excluding carboxylic acids is 1. The predicted molar refractivity (Wildman–Crippen MR) is 100 cm³/mol. The molecule has 1 aromatic carbocycles. The maximum atomic E-state index is 12.3. The molecule has 0 radical (unpaired) electrons. The lowest BCUT2D eigenvalue weighted by molar-refractivity contribution is -0.131. The third-order valence-electron chi connectivity index (χ3n) is 4.69. The van der Waals surface area contributed by atoms with E-state index in [0.717, 1.165) is 19.5 Å². The van der Waals surface area contributed by atoms with Crippen molar-refractivity contribution in [2.45, 2.75) is 25.3 Å². The molecular weight excluding hydrogens is 372 g/mol. The summed E-state index contributed by atoms with van der Waals surface area (Å²) in [5.74, 6) is 1.78. The zero-order valence-corrected chi connectivity index (χ0v) is 16.4. The lowest BCUT2D eigenvalue weighted by atomic mass is 10.2. The normalized spacial score (nSPS) is 16.4. The second-order valence-corrected chi connectivity index (χ2v) is 6.76. The van der Waals surface area contributed by atoms with Crippen LogP contribution in [0.25, 0.3) is 11.4 Å². The molecule has 0 spiro atoms. The summed E-state index contributed by atoms with van der Waals surface area (Å²) in [6.45, 7) is 1.79. The van der Waals surface area contributed by atoms with Gasteiger partial charge < -0.3 is 24.2 Å². The van der Waals surface area contributed by atoms with Crippen LogP contribution in [-0.4, -0.2) is 61.3 Å². The summed E-state index contributed by atoms with van der Waals surface area (Å²) in [5, 5.41) is 7.63. The van der Waals surface area contributed by atoms with Crippen molar-refractivity contribution in [3.8, 4) is 22.9 Å². The highest BCUT2D eigenvalue weighted by molar-refractivity contribution is 6.32. The second kappa shape index (κ2) is 8.58. The molecule has 146 valence electrons. The van der Waals surface area contributed by atoms with Crippen LogP contribution in [0.15, 0.2) is 16.7 Å². The maximum absolute atomic E-state index is 12.3. The molecule has 1 atom stereocenters. The van der Waals surface area contributed by atoms with Gasteiger partial charge in [-0.05, 0) is 25.1 Å². The Morgan fingerprint density at radius 2 is 2.22 bits per heavy atom. The van der Waals surface area contributed by atoms with Gasteiger partial charge >= 0.3 is 0 Å². The number of methoxy groups -OCH3 is 2. The zero-order valence-electron chi connectivity index (χ0n) is 15.6. The molecule has 3 rings (SSSR count). The predicted octanol–water partition coefficient (Wildman–Crippen LogP) is 2.16. The Morgan fingerprint density at radius 3 is 2.89 bits per heavy atom. The van der Waals surface area contributed by atoms with Crippen molar-refractivity contribution in [2.24, 2.45) is 0 Å². The van der Waals surface area contributed by atoms with Crippen molar-refractivity contribution in [3.63, 3.8) is 0 Å². The van der Waals surface area contributed by atoms with E-state index in [2.05, 4.69) is 15.5 Å². The number of hydrogen-bond donors (Lipinski definition) is 1. The third kappa shape index (κ3) is 4.33. The van der Waals surface area contributed by atoms with E-state index in [4.69, 9.17) is 25.6 Å².